The summed E-state index contributed by atoms with van der Waals surface area (Å²) in [5.41, 5.74) is 6.59. The summed E-state index contributed by atoms with van der Waals surface area (Å²) in [4.78, 5) is 15.8. The van der Waals surface area contributed by atoms with Crippen molar-refractivity contribution in [3.8, 4) is 5.75 Å². The first kappa shape index (κ1) is 11.7. The van der Waals surface area contributed by atoms with Crippen molar-refractivity contribution in [1.82, 2.24) is 10.3 Å². The lowest BCUT2D eigenvalue weighted by Gasteiger charge is -2.16. The van der Waals surface area contributed by atoms with Gasteiger partial charge < -0.3 is 15.8 Å². The fraction of sp³-hybridized carbons (Fsp3) is 0.500. The van der Waals surface area contributed by atoms with Crippen LogP contribution in [0.25, 0.3) is 0 Å². The third-order valence-corrected chi connectivity index (χ3v) is 2.78. The highest BCUT2D eigenvalue weighted by atomic mass is 16.5. The molecular formula is C12H17N3O2. The first-order valence-corrected chi connectivity index (χ1v) is 5.84. The van der Waals surface area contributed by atoms with Crippen LogP contribution in [0.2, 0.25) is 0 Å². The summed E-state index contributed by atoms with van der Waals surface area (Å²) < 4.78 is 5.63. The van der Waals surface area contributed by atoms with Crippen molar-refractivity contribution in [2.75, 3.05) is 12.3 Å². The van der Waals surface area contributed by atoms with Crippen LogP contribution >= 0.6 is 0 Å². The van der Waals surface area contributed by atoms with E-state index in [1.807, 2.05) is 13.0 Å². The Morgan fingerprint density at radius 2 is 2.29 bits per heavy atom. The first-order chi connectivity index (χ1) is 8.16. The topological polar surface area (TPSA) is 77.2 Å². The average molecular weight is 235 g/mol. The molecule has 17 heavy (non-hydrogen) atoms. The van der Waals surface area contributed by atoms with E-state index >= 15 is 0 Å². The van der Waals surface area contributed by atoms with Crippen molar-refractivity contribution >= 4 is 11.7 Å². The molecule has 1 fully saturated rings. The summed E-state index contributed by atoms with van der Waals surface area (Å²) in [5.74, 6) is 0.752. The van der Waals surface area contributed by atoms with Crippen molar-refractivity contribution < 1.29 is 9.53 Å². The SMILES string of the molecule is Cc1ccc(OC2CCCCNC2=O)c(N)n1. The molecule has 1 unspecified atom stereocenters. The molecular weight excluding hydrogens is 218 g/mol. The molecule has 1 saturated heterocycles. The van der Waals surface area contributed by atoms with E-state index in [2.05, 4.69) is 10.3 Å². The highest BCUT2D eigenvalue weighted by molar-refractivity contribution is 5.81. The quantitative estimate of drug-likeness (QED) is 0.802. The van der Waals surface area contributed by atoms with Gasteiger partial charge in [0.05, 0.1) is 0 Å². The summed E-state index contributed by atoms with van der Waals surface area (Å²) in [6.07, 6.45) is 2.24. The summed E-state index contributed by atoms with van der Waals surface area (Å²) in [6.45, 7) is 2.58. The Morgan fingerprint density at radius 3 is 3.06 bits per heavy atom. The van der Waals surface area contributed by atoms with Crippen molar-refractivity contribution in [2.24, 2.45) is 0 Å². The lowest BCUT2D eigenvalue weighted by molar-refractivity contribution is -0.127. The van der Waals surface area contributed by atoms with E-state index in [0.29, 0.717) is 11.6 Å². The highest BCUT2D eigenvalue weighted by Gasteiger charge is 2.23. The molecule has 0 aromatic carbocycles. The summed E-state index contributed by atoms with van der Waals surface area (Å²) >= 11 is 0. The van der Waals surface area contributed by atoms with E-state index in [9.17, 15) is 4.79 Å². The lowest BCUT2D eigenvalue weighted by Crippen LogP contribution is -2.36. The van der Waals surface area contributed by atoms with Crippen molar-refractivity contribution in [3.05, 3.63) is 17.8 Å². The molecule has 0 spiro atoms. The molecule has 2 rings (SSSR count). The van der Waals surface area contributed by atoms with Crippen LogP contribution in [-0.4, -0.2) is 23.5 Å². The number of hydrogen-bond acceptors (Lipinski definition) is 4. The van der Waals surface area contributed by atoms with E-state index in [-0.39, 0.29) is 5.91 Å². The number of rotatable bonds is 2. The number of pyridine rings is 1. The number of aromatic nitrogens is 1. The standard InChI is InChI=1S/C12H17N3O2/c1-8-5-6-9(11(13)15-8)17-10-4-2-3-7-14-12(10)16/h5-6,10H,2-4,7H2,1H3,(H2,13,15)(H,14,16). The van der Waals surface area contributed by atoms with Gasteiger partial charge in [0.1, 0.15) is 0 Å². The largest absolute Gasteiger partial charge is 0.477 e. The maximum absolute atomic E-state index is 11.7. The number of nitrogen functional groups attached to an aromatic ring is 1. The maximum atomic E-state index is 11.7. The summed E-state index contributed by atoms with van der Waals surface area (Å²) in [6, 6.07) is 3.58. The Balaban J connectivity index is 2.10. The number of nitrogens with two attached hydrogens (primary N) is 1. The second-order valence-corrected chi connectivity index (χ2v) is 4.23. The van der Waals surface area contributed by atoms with Gasteiger partial charge in [-0.2, -0.15) is 0 Å². The Labute approximate surface area is 100 Å². The molecule has 1 aliphatic rings. The van der Waals surface area contributed by atoms with Gasteiger partial charge in [0.15, 0.2) is 17.7 Å². The minimum atomic E-state index is -0.454. The zero-order valence-electron chi connectivity index (χ0n) is 9.90. The Bertz CT molecular complexity index is 420. The van der Waals surface area contributed by atoms with Gasteiger partial charge in [0.2, 0.25) is 0 Å². The first-order valence-electron chi connectivity index (χ1n) is 5.84. The molecule has 0 aliphatic carbocycles. The molecule has 0 bridgehead atoms. The molecule has 0 saturated carbocycles. The van der Waals surface area contributed by atoms with Gasteiger partial charge in [0, 0.05) is 12.2 Å². The van der Waals surface area contributed by atoms with Crippen molar-refractivity contribution in [1.29, 1.82) is 0 Å². The number of carbonyl (C=O) groups is 1. The van der Waals surface area contributed by atoms with E-state index in [1.54, 1.807) is 6.07 Å². The number of nitrogens with zero attached hydrogens (tertiary/aromatic N) is 1. The number of anilines is 1. The number of ether oxygens (including phenoxy) is 1. The van der Waals surface area contributed by atoms with Crippen LogP contribution in [0.15, 0.2) is 12.1 Å². The van der Waals surface area contributed by atoms with Crippen LogP contribution in [0.4, 0.5) is 5.82 Å². The Morgan fingerprint density at radius 1 is 1.47 bits per heavy atom. The molecule has 2 heterocycles. The van der Waals surface area contributed by atoms with Gasteiger partial charge >= 0.3 is 0 Å². The zero-order valence-corrected chi connectivity index (χ0v) is 9.90. The van der Waals surface area contributed by atoms with Crippen molar-refractivity contribution in [2.45, 2.75) is 32.3 Å². The van der Waals surface area contributed by atoms with Gasteiger partial charge in [-0.3, -0.25) is 4.79 Å². The summed E-state index contributed by atoms with van der Waals surface area (Å²) in [7, 11) is 0. The second-order valence-electron chi connectivity index (χ2n) is 4.23. The molecule has 1 amide bonds. The average Bonchev–Trinajstić information content (AvgIpc) is 2.48. The number of aryl methyl sites for hydroxylation is 1. The fourth-order valence-corrected chi connectivity index (χ4v) is 1.84. The molecule has 1 aromatic rings. The molecule has 1 aromatic heterocycles. The van der Waals surface area contributed by atoms with Crippen molar-refractivity contribution in [3.63, 3.8) is 0 Å². The highest BCUT2D eigenvalue weighted by Crippen LogP contribution is 2.22. The van der Waals surface area contributed by atoms with Crippen LogP contribution in [-0.2, 0) is 4.79 Å². The third-order valence-electron chi connectivity index (χ3n) is 2.78. The fourth-order valence-electron chi connectivity index (χ4n) is 1.84. The molecule has 0 radical (unpaired) electrons. The Hall–Kier alpha value is -1.78. The van der Waals surface area contributed by atoms with Gasteiger partial charge in [-0.1, -0.05) is 0 Å². The number of carbonyl (C=O) groups excluding carboxylic acids is 1. The van der Waals surface area contributed by atoms with Gasteiger partial charge in [-0.15, -0.1) is 0 Å². The molecule has 5 heteroatoms. The van der Waals surface area contributed by atoms with E-state index in [4.69, 9.17) is 10.5 Å². The van der Waals surface area contributed by atoms with Crippen LogP contribution < -0.4 is 15.8 Å². The Kier molecular flexibility index (Phi) is 3.46. The van der Waals surface area contributed by atoms with Gasteiger partial charge in [0.25, 0.3) is 5.91 Å². The van der Waals surface area contributed by atoms with Crippen LogP contribution in [0.1, 0.15) is 25.0 Å². The monoisotopic (exact) mass is 235 g/mol. The summed E-state index contributed by atoms with van der Waals surface area (Å²) in [5, 5.41) is 2.82. The molecule has 5 nitrogen and oxygen atoms in total. The molecule has 1 atom stereocenters. The third kappa shape index (κ3) is 2.87. The maximum Gasteiger partial charge on any atom is 0.261 e. The zero-order chi connectivity index (χ0) is 12.3. The minimum absolute atomic E-state index is 0.0672. The number of nitrogens with one attached hydrogen (secondary N) is 1. The molecule has 1 aliphatic heterocycles. The van der Waals surface area contributed by atoms with Crippen LogP contribution in [0.5, 0.6) is 5.75 Å². The van der Waals surface area contributed by atoms with Gasteiger partial charge in [-0.05, 0) is 38.3 Å². The number of amides is 1. The van der Waals surface area contributed by atoms with E-state index < -0.39 is 6.10 Å². The second kappa shape index (κ2) is 5.03. The lowest BCUT2D eigenvalue weighted by atomic mass is 10.2. The smallest absolute Gasteiger partial charge is 0.261 e. The van der Waals surface area contributed by atoms with Crippen LogP contribution in [0, 0.1) is 6.92 Å². The molecule has 3 N–H and O–H groups in total. The van der Waals surface area contributed by atoms with Gasteiger partial charge in [-0.25, -0.2) is 4.98 Å². The van der Waals surface area contributed by atoms with E-state index in [0.717, 1.165) is 31.5 Å². The molecule has 92 valence electrons. The van der Waals surface area contributed by atoms with E-state index in [1.165, 1.54) is 0 Å². The number of hydrogen-bond donors (Lipinski definition) is 2. The van der Waals surface area contributed by atoms with Crippen LogP contribution in [0.3, 0.4) is 0 Å². The minimum Gasteiger partial charge on any atom is -0.477 e. The predicted molar refractivity (Wildman–Crippen MR) is 64.7 cm³/mol. The predicted octanol–water partition coefficient (Wildman–Crippen LogP) is 1.02. The normalized spacial score (nSPS) is 20.5.